The van der Waals surface area contributed by atoms with Crippen molar-refractivity contribution < 1.29 is 0 Å². The van der Waals surface area contributed by atoms with E-state index >= 15 is 0 Å². The summed E-state index contributed by atoms with van der Waals surface area (Å²) in [5.74, 6) is 0.835. The van der Waals surface area contributed by atoms with Crippen molar-refractivity contribution in [3.05, 3.63) is 62.5 Å². The fourth-order valence-corrected chi connectivity index (χ4v) is 3.79. The average molecular weight is 391 g/mol. The number of hydrogen-bond acceptors (Lipinski definition) is 2. The molecule has 0 amide bonds. The topological polar surface area (TPSA) is 26.0 Å². The second-order valence-electron chi connectivity index (χ2n) is 4.44. The minimum absolute atomic E-state index is 0.0470. The minimum Gasteiger partial charge on any atom is -0.327 e. The highest BCUT2D eigenvalue weighted by Gasteiger charge is 2.09. The third-order valence-corrected chi connectivity index (χ3v) is 5.59. The molecule has 2 aromatic carbocycles. The molecule has 0 saturated heterocycles. The number of nitrogens with two attached hydrogens (primary N) is 1. The number of halogens is 3. The van der Waals surface area contributed by atoms with Crippen molar-refractivity contribution in [2.24, 2.45) is 5.73 Å². The maximum atomic E-state index is 6.18. The molecule has 0 fully saturated rings. The molecule has 2 rings (SSSR count). The Morgan fingerprint density at radius 1 is 1.15 bits per heavy atom. The van der Waals surface area contributed by atoms with Crippen LogP contribution in [0.3, 0.4) is 0 Å². The molecular formula is C15H14BrCl2NS. The Hall–Kier alpha value is -0.190. The van der Waals surface area contributed by atoms with E-state index in [0.717, 1.165) is 22.2 Å². The van der Waals surface area contributed by atoms with E-state index in [1.54, 1.807) is 17.8 Å². The smallest absolute Gasteiger partial charge is 0.0453 e. The maximum Gasteiger partial charge on any atom is 0.0453 e. The van der Waals surface area contributed by atoms with Crippen LogP contribution in [0, 0.1) is 0 Å². The molecule has 0 aliphatic rings. The third kappa shape index (κ3) is 4.68. The molecule has 2 aromatic rings. The van der Waals surface area contributed by atoms with E-state index in [1.807, 2.05) is 30.3 Å². The fourth-order valence-electron chi connectivity index (χ4n) is 1.79. The molecular weight excluding hydrogens is 377 g/mol. The summed E-state index contributed by atoms with van der Waals surface area (Å²) in [7, 11) is 0. The van der Waals surface area contributed by atoms with Crippen LogP contribution in [0.15, 0.2) is 51.8 Å². The Kier molecular flexibility index (Phi) is 6.24. The lowest BCUT2D eigenvalue weighted by molar-refractivity contribution is 0.749. The highest BCUT2D eigenvalue weighted by molar-refractivity contribution is 9.10. The van der Waals surface area contributed by atoms with Gasteiger partial charge < -0.3 is 5.73 Å². The lowest BCUT2D eigenvalue weighted by Crippen LogP contribution is -2.25. The van der Waals surface area contributed by atoms with Crippen LogP contribution in [0.25, 0.3) is 0 Å². The van der Waals surface area contributed by atoms with E-state index in [9.17, 15) is 0 Å². The van der Waals surface area contributed by atoms with Gasteiger partial charge in [0.2, 0.25) is 0 Å². The van der Waals surface area contributed by atoms with Crippen molar-refractivity contribution in [3.8, 4) is 0 Å². The fraction of sp³-hybridized carbons (Fsp3) is 0.200. The molecule has 1 atom stereocenters. The summed E-state index contributed by atoms with van der Waals surface area (Å²) >= 11 is 17.3. The van der Waals surface area contributed by atoms with Gasteiger partial charge >= 0.3 is 0 Å². The first-order chi connectivity index (χ1) is 9.56. The zero-order valence-corrected chi connectivity index (χ0v) is 14.6. The van der Waals surface area contributed by atoms with Crippen LogP contribution in [0.5, 0.6) is 0 Å². The summed E-state index contributed by atoms with van der Waals surface area (Å²) in [5.41, 5.74) is 7.22. The molecule has 0 saturated carbocycles. The Balaban J connectivity index is 1.92. The summed E-state index contributed by atoms with van der Waals surface area (Å²) in [6, 6.07) is 13.7. The van der Waals surface area contributed by atoms with Gasteiger partial charge in [0.25, 0.3) is 0 Å². The Labute approximate surface area is 142 Å². The molecule has 0 radical (unpaired) electrons. The van der Waals surface area contributed by atoms with E-state index < -0.39 is 0 Å². The van der Waals surface area contributed by atoms with E-state index in [-0.39, 0.29) is 6.04 Å². The normalized spacial score (nSPS) is 12.4. The van der Waals surface area contributed by atoms with Crippen LogP contribution >= 0.6 is 50.9 Å². The van der Waals surface area contributed by atoms with Crippen LogP contribution < -0.4 is 5.73 Å². The number of benzene rings is 2. The highest BCUT2D eigenvalue weighted by Crippen LogP contribution is 2.28. The van der Waals surface area contributed by atoms with Gasteiger partial charge in [-0.25, -0.2) is 0 Å². The van der Waals surface area contributed by atoms with Crippen LogP contribution in [0.4, 0.5) is 0 Å². The van der Waals surface area contributed by atoms with Gasteiger partial charge in [-0.2, -0.15) is 0 Å². The van der Waals surface area contributed by atoms with Crippen LogP contribution in [0.2, 0.25) is 10.0 Å². The van der Waals surface area contributed by atoms with E-state index in [2.05, 4.69) is 22.0 Å². The number of hydrogen-bond donors (Lipinski definition) is 1. The predicted molar refractivity (Wildman–Crippen MR) is 93.0 cm³/mol. The first-order valence-corrected chi connectivity index (χ1v) is 8.66. The monoisotopic (exact) mass is 389 g/mol. The zero-order chi connectivity index (χ0) is 14.5. The van der Waals surface area contributed by atoms with Gasteiger partial charge in [-0.3, -0.25) is 0 Å². The van der Waals surface area contributed by atoms with E-state index in [4.69, 9.17) is 28.9 Å². The second kappa shape index (κ2) is 7.71. The Morgan fingerprint density at radius 2 is 1.90 bits per heavy atom. The molecule has 0 heterocycles. The molecule has 0 bridgehead atoms. The highest BCUT2D eigenvalue weighted by atomic mass is 79.9. The Morgan fingerprint density at radius 3 is 2.60 bits per heavy atom. The molecule has 0 aliphatic heterocycles. The largest absolute Gasteiger partial charge is 0.327 e. The van der Waals surface area contributed by atoms with Crippen molar-refractivity contribution in [1.29, 1.82) is 0 Å². The van der Waals surface area contributed by atoms with Crippen molar-refractivity contribution in [2.75, 3.05) is 5.75 Å². The Bertz CT molecular complexity index is 592. The van der Waals surface area contributed by atoms with Gasteiger partial charge in [-0.15, -0.1) is 11.8 Å². The minimum atomic E-state index is 0.0470. The molecule has 0 aliphatic carbocycles. The molecule has 1 nitrogen and oxygen atoms in total. The van der Waals surface area contributed by atoms with Crippen molar-refractivity contribution >= 4 is 50.9 Å². The average Bonchev–Trinajstić information content (AvgIpc) is 2.41. The van der Waals surface area contributed by atoms with Gasteiger partial charge in [0.15, 0.2) is 0 Å². The van der Waals surface area contributed by atoms with Crippen molar-refractivity contribution in [3.63, 3.8) is 0 Å². The first kappa shape index (κ1) is 16.2. The summed E-state index contributed by atoms with van der Waals surface area (Å²) in [5, 5.41) is 1.33. The quantitative estimate of drug-likeness (QED) is 0.690. The molecule has 2 N–H and O–H groups in total. The van der Waals surface area contributed by atoms with Gasteiger partial charge in [-0.1, -0.05) is 41.4 Å². The van der Waals surface area contributed by atoms with Crippen LogP contribution in [-0.2, 0) is 6.42 Å². The van der Waals surface area contributed by atoms with Crippen molar-refractivity contribution in [2.45, 2.75) is 17.4 Å². The lowest BCUT2D eigenvalue weighted by atomic mass is 10.1. The standard InChI is InChI=1S/C15H14BrCl2NS/c16-13-3-1-2-4-15(13)20-9-12(19)7-10-5-6-11(17)8-14(10)18/h1-6,8,12H,7,9,19H2. The van der Waals surface area contributed by atoms with E-state index in [1.165, 1.54) is 4.90 Å². The zero-order valence-electron chi connectivity index (χ0n) is 10.7. The third-order valence-electron chi connectivity index (χ3n) is 2.79. The maximum absolute atomic E-state index is 6.18. The van der Waals surface area contributed by atoms with Gasteiger partial charge in [0, 0.05) is 31.2 Å². The second-order valence-corrected chi connectivity index (χ2v) is 7.20. The van der Waals surface area contributed by atoms with Crippen molar-refractivity contribution in [1.82, 2.24) is 0 Å². The molecule has 106 valence electrons. The van der Waals surface area contributed by atoms with Gasteiger partial charge in [-0.05, 0) is 52.2 Å². The summed E-state index contributed by atoms with van der Waals surface area (Å²) in [6.07, 6.45) is 0.744. The van der Waals surface area contributed by atoms with Gasteiger partial charge in [0.05, 0.1) is 0 Å². The molecule has 20 heavy (non-hydrogen) atoms. The predicted octanol–water partition coefficient (Wildman–Crippen LogP) is 5.42. The first-order valence-electron chi connectivity index (χ1n) is 6.13. The molecule has 1 unspecified atom stereocenters. The van der Waals surface area contributed by atoms with Gasteiger partial charge in [0.1, 0.15) is 0 Å². The summed E-state index contributed by atoms with van der Waals surface area (Å²) in [6.45, 7) is 0. The summed E-state index contributed by atoms with van der Waals surface area (Å²) in [4.78, 5) is 1.20. The lowest BCUT2D eigenvalue weighted by Gasteiger charge is -2.13. The molecule has 0 aromatic heterocycles. The molecule has 5 heteroatoms. The number of thioether (sulfide) groups is 1. The van der Waals surface area contributed by atoms with Crippen LogP contribution in [0.1, 0.15) is 5.56 Å². The number of rotatable bonds is 5. The molecule has 0 spiro atoms. The summed E-state index contributed by atoms with van der Waals surface area (Å²) < 4.78 is 1.10. The van der Waals surface area contributed by atoms with Crippen LogP contribution in [-0.4, -0.2) is 11.8 Å². The van der Waals surface area contributed by atoms with E-state index in [0.29, 0.717) is 10.0 Å². The SMILES string of the molecule is NC(CSc1ccccc1Br)Cc1ccc(Cl)cc1Cl.